The number of hydrogen-bond donors (Lipinski definition) is 0. The number of halogens is 4. The van der Waals surface area contributed by atoms with Crippen molar-refractivity contribution in [2.75, 3.05) is 18.5 Å². The number of nitrogens with zero attached hydrogens (tertiary/aromatic N) is 5. The summed E-state index contributed by atoms with van der Waals surface area (Å²) in [6.45, 7) is 4.71. The SMILES string of the molecule is CN(C(=O)[C@@H]1C[C@@H](F)CN1C(=O)OC(C)(C)C)c1cc(-c2ccc(C(F)(F)F)nc2)ncn1. The molecule has 0 radical (unpaired) electrons. The van der Waals surface area contributed by atoms with Crippen LogP contribution >= 0.6 is 0 Å². The van der Waals surface area contributed by atoms with Gasteiger partial charge in [-0.15, -0.1) is 0 Å². The van der Waals surface area contributed by atoms with E-state index in [1.807, 2.05) is 0 Å². The maximum Gasteiger partial charge on any atom is 0.433 e. The molecule has 2 aromatic heterocycles. The Kier molecular flexibility index (Phi) is 6.57. The van der Waals surface area contributed by atoms with Gasteiger partial charge in [0.15, 0.2) is 0 Å². The summed E-state index contributed by atoms with van der Waals surface area (Å²) in [7, 11) is 1.40. The monoisotopic (exact) mass is 469 g/mol. The standard InChI is InChI=1S/C21H23F4N5O3/c1-20(2,3)33-19(32)30-10-13(22)7-15(30)18(31)29(4)17-8-14(27-11-28-17)12-5-6-16(26-9-12)21(23,24)25/h5-6,8-9,11,13,15H,7,10H2,1-4H3/t13-,15+/m1/s1. The number of hydrogen-bond acceptors (Lipinski definition) is 6. The fraction of sp³-hybridized carbons (Fsp3) is 0.476. The summed E-state index contributed by atoms with van der Waals surface area (Å²) >= 11 is 0. The van der Waals surface area contributed by atoms with Crippen molar-refractivity contribution in [2.24, 2.45) is 0 Å². The van der Waals surface area contributed by atoms with E-state index in [0.717, 1.165) is 28.4 Å². The second kappa shape index (κ2) is 8.91. The van der Waals surface area contributed by atoms with E-state index in [1.54, 1.807) is 20.8 Å². The van der Waals surface area contributed by atoms with Gasteiger partial charge in [0.05, 0.1) is 12.2 Å². The van der Waals surface area contributed by atoms with Gasteiger partial charge in [-0.1, -0.05) is 0 Å². The molecular formula is C21H23F4N5O3. The van der Waals surface area contributed by atoms with E-state index in [4.69, 9.17) is 4.74 Å². The highest BCUT2D eigenvalue weighted by atomic mass is 19.4. The van der Waals surface area contributed by atoms with Crippen LogP contribution in [-0.2, 0) is 15.7 Å². The smallest absolute Gasteiger partial charge is 0.433 e. The molecule has 0 bridgehead atoms. The van der Waals surface area contributed by atoms with Gasteiger partial charge in [0.2, 0.25) is 0 Å². The first-order chi connectivity index (χ1) is 15.3. The van der Waals surface area contributed by atoms with Crippen molar-refractivity contribution < 1.29 is 31.9 Å². The lowest BCUT2D eigenvalue weighted by atomic mass is 10.1. The second-order valence-corrected chi connectivity index (χ2v) is 8.57. The fourth-order valence-corrected chi connectivity index (χ4v) is 3.28. The Morgan fingerprint density at radius 3 is 2.42 bits per heavy atom. The third-order valence-corrected chi connectivity index (χ3v) is 4.84. The molecule has 3 heterocycles. The predicted molar refractivity (Wildman–Crippen MR) is 110 cm³/mol. The highest BCUT2D eigenvalue weighted by Crippen LogP contribution is 2.30. The Balaban J connectivity index is 1.81. The molecule has 0 aromatic carbocycles. The Bertz CT molecular complexity index is 1020. The molecule has 1 fully saturated rings. The molecule has 0 saturated carbocycles. The lowest BCUT2D eigenvalue weighted by molar-refractivity contribution is -0.141. The van der Waals surface area contributed by atoms with Gasteiger partial charge in [0.25, 0.3) is 5.91 Å². The van der Waals surface area contributed by atoms with Gasteiger partial charge in [0, 0.05) is 31.3 Å². The Hall–Kier alpha value is -3.31. The maximum absolute atomic E-state index is 14.1. The van der Waals surface area contributed by atoms with Crippen molar-refractivity contribution in [3.05, 3.63) is 36.4 Å². The molecule has 1 aliphatic heterocycles. The summed E-state index contributed by atoms with van der Waals surface area (Å²) in [5, 5.41) is 0. The summed E-state index contributed by atoms with van der Waals surface area (Å²) in [5.74, 6) is -0.465. The number of amides is 2. The molecule has 1 saturated heterocycles. The molecule has 1 aliphatic rings. The van der Waals surface area contributed by atoms with E-state index in [0.29, 0.717) is 0 Å². The Labute approximate surface area is 187 Å². The minimum Gasteiger partial charge on any atom is -0.444 e. The Morgan fingerprint density at radius 2 is 1.85 bits per heavy atom. The van der Waals surface area contributed by atoms with Gasteiger partial charge in [-0.2, -0.15) is 13.2 Å². The van der Waals surface area contributed by atoms with Gasteiger partial charge >= 0.3 is 12.3 Å². The van der Waals surface area contributed by atoms with Crippen molar-refractivity contribution >= 4 is 17.8 Å². The molecule has 2 aromatic rings. The molecular weight excluding hydrogens is 446 g/mol. The van der Waals surface area contributed by atoms with Gasteiger partial charge in [-0.05, 0) is 32.9 Å². The zero-order chi connectivity index (χ0) is 24.6. The minimum atomic E-state index is -4.57. The van der Waals surface area contributed by atoms with Gasteiger partial charge in [-0.25, -0.2) is 19.2 Å². The van der Waals surface area contributed by atoms with Gasteiger partial charge in [-0.3, -0.25) is 19.6 Å². The quantitative estimate of drug-likeness (QED) is 0.635. The minimum absolute atomic E-state index is 0.122. The number of carbonyl (C=O) groups excluding carboxylic acids is 2. The Morgan fingerprint density at radius 1 is 1.15 bits per heavy atom. The molecule has 2 amide bonds. The zero-order valence-corrected chi connectivity index (χ0v) is 18.4. The molecule has 3 rings (SSSR count). The molecule has 178 valence electrons. The number of anilines is 1. The van der Waals surface area contributed by atoms with E-state index in [2.05, 4.69) is 15.0 Å². The lowest BCUT2D eigenvalue weighted by Gasteiger charge is -2.29. The van der Waals surface area contributed by atoms with Crippen molar-refractivity contribution in [2.45, 2.75) is 51.2 Å². The first-order valence-corrected chi connectivity index (χ1v) is 10.0. The fourth-order valence-electron chi connectivity index (χ4n) is 3.28. The number of likely N-dealkylation sites (tertiary alicyclic amines) is 1. The van der Waals surface area contributed by atoms with Crippen molar-refractivity contribution in [3.8, 4) is 11.3 Å². The van der Waals surface area contributed by atoms with Crippen LogP contribution in [0, 0.1) is 0 Å². The first kappa shape index (κ1) is 24.3. The maximum atomic E-state index is 14.1. The van der Waals surface area contributed by atoms with Crippen LogP contribution in [0.4, 0.5) is 28.2 Å². The average molecular weight is 469 g/mol. The van der Waals surface area contributed by atoms with E-state index >= 15 is 0 Å². The number of carbonyl (C=O) groups is 2. The molecule has 2 atom stereocenters. The largest absolute Gasteiger partial charge is 0.444 e. The van der Waals surface area contributed by atoms with Crippen molar-refractivity contribution in [3.63, 3.8) is 0 Å². The van der Waals surface area contributed by atoms with Crippen LogP contribution in [0.1, 0.15) is 32.9 Å². The van der Waals surface area contributed by atoms with Crippen LogP contribution in [0.3, 0.4) is 0 Å². The van der Waals surface area contributed by atoms with Crippen LogP contribution in [0.15, 0.2) is 30.7 Å². The molecule has 0 aliphatic carbocycles. The number of ether oxygens (including phenoxy) is 1. The highest BCUT2D eigenvalue weighted by molar-refractivity contribution is 5.98. The summed E-state index contributed by atoms with van der Waals surface area (Å²) < 4.78 is 57.6. The van der Waals surface area contributed by atoms with Crippen molar-refractivity contribution in [1.29, 1.82) is 0 Å². The molecule has 8 nitrogen and oxygen atoms in total. The van der Waals surface area contributed by atoms with Gasteiger partial charge in [0.1, 0.15) is 35.7 Å². The van der Waals surface area contributed by atoms with E-state index in [1.165, 1.54) is 19.2 Å². The normalized spacial score (nSPS) is 18.8. The number of likely N-dealkylation sites (N-methyl/N-ethyl adjacent to an activating group) is 1. The molecule has 0 unspecified atom stereocenters. The molecule has 33 heavy (non-hydrogen) atoms. The lowest BCUT2D eigenvalue weighted by Crippen LogP contribution is -2.48. The first-order valence-electron chi connectivity index (χ1n) is 10.0. The van der Waals surface area contributed by atoms with Crippen molar-refractivity contribution in [1.82, 2.24) is 19.9 Å². The van der Waals surface area contributed by atoms with E-state index in [-0.39, 0.29) is 30.0 Å². The third-order valence-electron chi connectivity index (χ3n) is 4.84. The second-order valence-electron chi connectivity index (χ2n) is 8.57. The van der Waals surface area contributed by atoms with Crippen LogP contribution in [0.25, 0.3) is 11.3 Å². The predicted octanol–water partition coefficient (Wildman–Crippen LogP) is 3.87. The summed E-state index contributed by atoms with van der Waals surface area (Å²) in [5.41, 5.74) is -1.34. The zero-order valence-electron chi connectivity index (χ0n) is 18.4. The number of pyridine rings is 1. The van der Waals surface area contributed by atoms with Crippen LogP contribution in [-0.4, -0.2) is 63.3 Å². The van der Waals surface area contributed by atoms with Crippen LogP contribution in [0.2, 0.25) is 0 Å². The van der Waals surface area contributed by atoms with Gasteiger partial charge < -0.3 is 4.74 Å². The highest BCUT2D eigenvalue weighted by Gasteiger charge is 2.43. The van der Waals surface area contributed by atoms with Crippen LogP contribution < -0.4 is 4.90 Å². The summed E-state index contributed by atoms with van der Waals surface area (Å²) in [6.07, 6.45) is -4.79. The summed E-state index contributed by atoms with van der Waals surface area (Å²) in [6, 6.07) is 2.33. The third kappa shape index (κ3) is 5.74. The van der Waals surface area contributed by atoms with E-state index < -0.39 is 41.7 Å². The van der Waals surface area contributed by atoms with E-state index in [9.17, 15) is 27.2 Å². The topological polar surface area (TPSA) is 88.5 Å². The number of alkyl halides is 4. The summed E-state index contributed by atoms with van der Waals surface area (Å²) in [4.78, 5) is 39.2. The number of aromatic nitrogens is 3. The molecule has 0 N–H and O–H groups in total. The number of rotatable bonds is 3. The average Bonchev–Trinajstić information content (AvgIpc) is 3.13. The molecule has 0 spiro atoms. The van der Waals surface area contributed by atoms with Crippen LogP contribution in [0.5, 0.6) is 0 Å². The molecule has 12 heteroatoms.